The van der Waals surface area contributed by atoms with Crippen LogP contribution < -0.4 is 14.2 Å². The molecule has 3 aromatic rings. The average Bonchev–Trinajstić information content (AvgIpc) is 3.21. The Morgan fingerprint density at radius 1 is 1.21 bits per heavy atom. The van der Waals surface area contributed by atoms with Crippen molar-refractivity contribution < 1.29 is 23.9 Å². The number of hydrogen-bond acceptors (Lipinski definition) is 9. The third-order valence-corrected chi connectivity index (χ3v) is 4.39. The zero-order valence-corrected chi connectivity index (χ0v) is 15.7. The fourth-order valence-electron chi connectivity index (χ4n) is 3.06. The first-order valence-corrected chi connectivity index (χ1v) is 8.60. The van der Waals surface area contributed by atoms with Gasteiger partial charge < -0.3 is 18.9 Å². The molecule has 2 aromatic carbocycles. The molecular formula is C18H17N5O6. The number of rotatable bonds is 6. The van der Waals surface area contributed by atoms with E-state index >= 15 is 0 Å². The van der Waals surface area contributed by atoms with Crippen molar-refractivity contribution >= 4 is 5.69 Å². The molecular weight excluding hydrogens is 382 g/mol. The number of aromatic nitrogens is 4. The van der Waals surface area contributed by atoms with Gasteiger partial charge in [0.05, 0.1) is 32.3 Å². The van der Waals surface area contributed by atoms with Gasteiger partial charge in [-0.05, 0) is 23.4 Å². The van der Waals surface area contributed by atoms with E-state index in [1.54, 1.807) is 32.4 Å². The number of fused-ring (bicyclic) bond motifs is 1. The van der Waals surface area contributed by atoms with E-state index in [0.717, 1.165) is 0 Å². The van der Waals surface area contributed by atoms with Crippen LogP contribution in [0.2, 0.25) is 0 Å². The Balaban J connectivity index is 1.65. The molecule has 1 aliphatic rings. The quantitative estimate of drug-likeness (QED) is 0.453. The lowest BCUT2D eigenvalue weighted by molar-refractivity contribution is -0.385. The van der Waals surface area contributed by atoms with Crippen molar-refractivity contribution in [1.29, 1.82) is 0 Å². The van der Waals surface area contributed by atoms with Gasteiger partial charge in [-0.3, -0.25) is 10.1 Å². The minimum absolute atomic E-state index is 0.0481. The van der Waals surface area contributed by atoms with Crippen molar-refractivity contribution in [3.8, 4) is 28.6 Å². The van der Waals surface area contributed by atoms with Crippen molar-refractivity contribution in [2.24, 2.45) is 0 Å². The molecule has 4 rings (SSSR count). The van der Waals surface area contributed by atoms with Gasteiger partial charge >= 0.3 is 0 Å². The van der Waals surface area contributed by atoms with Crippen LogP contribution in [0.1, 0.15) is 11.1 Å². The Kier molecular flexibility index (Phi) is 4.96. The van der Waals surface area contributed by atoms with Gasteiger partial charge in [-0.1, -0.05) is 0 Å². The molecule has 0 spiro atoms. The molecule has 11 nitrogen and oxygen atoms in total. The summed E-state index contributed by atoms with van der Waals surface area (Å²) in [6.45, 7) is 0.482. The number of nitrogens with zero attached hydrogens (tertiary/aromatic N) is 5. The molecule has 0 saturated carbocycles. The third kappa shape index (κ3) is 3.67. The lowest BCUT2D eigenvalue weighted by Gasteiger charge is -2.20. The lowest BCUT2D eigenvalue weighted by atomic mass is 10.1. The molecule has 2 heterocycles. The molecule has 0 amide bonds. The highest BCUT2D eigenvalue weighted by molar-refractivity contribution is 5.60. The van der Waals surface area contributed by atoms with E-state index in [-0.39, 0.29) is 25.6 Å². The number of hydrogen-bond donors (Lipinski definition) is 0. The minimum Gasteiger partial charge on any atom is -0.493 e. The van der Waals surface area contributed by atoms with E-state index < -0.39 is 4.92 Å². The first-order valence-electron chi connectivity index (χ1n) is 8.60. The number of tetrazole rings is 1. The van der Waals surface area contributed by atoms with Gasteiger partial charge in [0.1, 0.15) is 5.75 Å². The Morgan fingerprint density at radius 2 is 2.03 bits per heavy atom. The first kappa shape index (κ1) is 18.6. The number of methoxy groups -OCH3 is 2. The maximum Gasteiger partial charge on any atom is 0.270 e. The molecule has 0 N–H and O–H groups in total. The highest BCUT2D eigenvalue weighted by Crippen LogP contribution is 2.33. The smallest absolute Gasteiger partial charge is 0.270 e. The zero-order valence-electron chi connectivity index (χ0n) is 15.7. The highest BCUT2D eigenvalue weighted by atomic mass is 16.7. The summed E-state index contributed by atoms with van der Waals surface area (Å²) >= 11 is 0. The summed E-state index contributed by atoms with van der Waals surface area (Å²) in [5, 5.41) is 23.7. The lowest BCUT2D eigenvalue weighted by Crippen LogP contribution is -2.15. The predicted molar refractivity (Wildman–Crippen MR) is 98.8 cm³/mol. The summed E-state index contributed by atoms with van der Waals surface area (Å²) in [6.07, 6.45) is 0. The molecule has 150 valence electrons. The van der Waals surface area contributed by atoms with E-state index in [0.29, 0.717) is 39.8 Å². The van der Waals surface area contributed by atoms with Crippen LogP contribution in [0.25, 0.3) is 11.4 Å². The fourth-order valence-corrected chi connectivity index (χ4v) is 3.06. The van der Waals surface area contributed by atoms with Crippen LogP contribution in [0.15, 0.2) is 30.3 Å². The number of benzene rings is 2. The Bertz CT molecular complexity index is 1070. The molecule has 1 aromatic heterocycles. The summed E-state index contributed by atoms with van der Waals surface area (Å²) in [5.41, 5.74) is 1.84. The first-order chi connectivity index (χ1) is 14.1. The Morgan fingerprint density at radius 3 is 2.79 bits per heavy atom. The van der Waals surface area contributed by atoms with Gasteiger partial charge in [0, 0.05) is 28.8 Å². The van der Waals surface area contributed by atoms with Crippen LogP contribution in [0, 0.1) is 10.1 Å². The van der Waals surface area contributed by atoms with Crippen LogP contribution in [0.4, 0.5) is 5.69 Å². The summed E-state index contributed by atoms with van der Waals surface area (Å²) in [5.74, 6) is 2.06. The van der Waals surface area contributed by atoms with E-state index in [2.05, 4.69) is 15.4 Å². The van der Waals surface area contributed by atoms with Crippen LogP contribution >= 0.6 is 0 Å². The van der Waals surface area contributed by atoms with Crippen molar-refractivity contribution in [2.75, 3.05) is 21.0 Å². The summed E-state index contributed by atoms with van der Waals surface area (Å²) in [4.78, 5) is 12.1. The Labute approximate surface area is 164 Å². The zero-order chi connectivity index (χ0) is 20.4. The molecule has 0 atom stereocenters. The fraction of sp³-hybridized carbons (Fsp3) is 0.278. The number of nitro benzene ring substituents is 1. The summed E-state index contributed by atoms with van der Waals surface area (Å²) in [7, 11) is 3.10. The minimum atomic E-state index is -0.456. The Hall–Kier alpha value is -3.73. The second-order valence-corrected chi connectivity index (χ2v) is 6.17. The second-order valence-electron chi connectivity index (χ2n) is 6.17. The molecule has 0 fully saturated rings. The summed E-state index contributed by atoms with van der Waals surface area (Å²) < 4.78 is 21.3. The second kappa shape index (κ2) is 7.72. The molecule has 0 saturated heterocycles. The van der Waals surface area contributed by atoms with Crippen LogP contribution in [0.3, 0.4) is 0 Å². The molecule has 0 aliphatic carbocycles. The van der Waals surface area contributed by atoms with Crippen LogP contribution in [0.5, 0.6) is 17.2 Å². The number of ether oxygens (including phenoxy) is 4. The van der Waals surface area contributed by atoms with Crippen molar-refractivity contribution in [3.05, 3.63) is 51.6 Å². The van der Waals surface area contributed by atoms with Gasteiger partial charge in [0.2, 0.25) is 5.82 Å². The van der Waals surface area contributed by atoms with Gasteiger partial charge in [0.15, 0.2) is 18.3 Å². The molecule has 0 bridgehead atoms. The largest absolute Gasteiger partial charge is 0.493 e. The van der Waals surface area contributed by atoms with E-state index in [1.165, 1.54) is 16.9 Å². The summed E-state index contributed by atoms with van der Waals surface area (Å²) in [6, 6.07) is 8.18. The van der Waals surface area contributed by atoms with Gasteiger partial charge in [-0.25, -0.2) is 0 Å². The standard InChI is InChI=1S/C18H17N5O6/c1-26-15-4-3-11(7-16(15)27-2)18-19-21-22(20-18)8-12-5-14(23(24)25)6-13-9-28-10-29-17(12)13/h3-7H,8-10H2,1-2H3. The third-order valence-electron chi connectivity index (χ3n) is 4.39. The van der Waals surface area contributed by atoms with Crippen molar-refractivity contribution in [3.63, 3.8) is 0 Å². The maximum atomic E-state index is 11.2. The molecule has 1 aliphatic heterocycles. The predicted octanol–water partition coefficient (Wildman–Crippen LogP) is 2.18. The number of nitro groups is 1. The van der Waals surface area contributed by atoms with Gasteiger partial charge in [-0.15, -0.1) is 10.2 Å². The van der Waals surface area contributed by atoms with Gasteiger partial charge in [-0.2, -0.15) is 4.80 Å². The normalized spacial score (nSPS) is 12.8. The average molecular weight is 399 g/mol. The highest BCUT2D eigenvalue weighted by Gasteiger charge is 2.22. The maximum absolute atomic E-state index is 11.2. The van der Waals surface area contributed by atoms with E-state index in [4.69, 9.17) is 18.9 Å². The molecule has 11 heteroatoms. The van der Waals surface area contributed by atoms with Gasteiger partial charge in [0.25, 0.3) is 5.69 Å². The number of non-ortho nitro benzene ring substituents is 1. The van der Waals surface area contributed by atoms with Crippen molar-refractivity contribution in [1.82, 2.24) is 20.2 Å². The topological polar surface area (TPSA) is 124 Å². The van der Waals surface area contributed by atoms with Crippen LogP contribution in [-0.2, 0) is 17.9 Å². The molecule has 0 radical (unpaired) electrons. The molecule has 0 unspecified atom stereocenters. The van der Waals surface area contributed by atoms with E-state index in [9.17, 15) is 10.1 Å². The van der Waals surface area contributed by atoms with Crippen molar-refractivity contribution in [2.45, 2.75) is 13.2 Å². The van der Waals surface area contributed by atoms with E-state index in [1.807, 2.05) is 0 Å². The monoisotopic (exact) mass is 399 g/mol. The SMILES string of the molecule is COc1ccc(-c2nnn(Cc3cc([N+](=O)[O-])cc4c3OCOC4)n2)cc1OC. The molecule has 29 heavy (non-hydrogen) atoms. The van der Waals surface area contributed by atoms with Crippen LogP contribution in [-0.4, -0.2) is 46.1 Å².